The van der Waals surface area contributed by atoms with Gasteiger partial charge in [-0.05, 0) is 38.3 Å². The van der Waals surface area contributed by atoms with Gasteiger partial charge in [0.2, 0.25) is 11.1 Å². The molecule has 2 aromatic rings. The molecule has 1 aliphatic heterocycles. The molecular formula is C15H19N5OS. The number of likely N-dealkylation sites (tertiary alicyclic amines) is 1. The summed E-state index contributed by atoms with van der Waals surface area (Å²) in [5, 5.41) is 7.67. The third kappa shape index (κ3) is 3.47. The first kappa shape index (κ1) is 15.0. The van der Waals surface area contributed by atoms with Crippen molar-refractivity contribution in [2.45, 2.75) is 37.4 Å². The molecule has 1 N–H and O–H groups in total. The zero-order valence-electron chi connectivity index (χ0n) is 12.5. The fourth-order valence-corrected chi connectivity index (χ4v) is 3.31. The minimum Gasteiger partial charge on any atom is -0.339 e. The van der Waals surface area contributed by atoms with E-state index in [1.165, 1.54) is 18.2 Å². The molecule has 0 bridgehead atoms. The van der Waals surface area contributed by atoms with E-state index in [0.29, 0.717) is 22.8 Å². The number of nitrogens with one attached hydrogen (secondary N) is 1. The summed E-state index contributed by atoms with van der Waals surface area (Å²) in [6.45, 7) is 2.99. The van der Waals surface area contributed by atoms with Gasteiger partial charge < -0.3 is 4.90 Å². The van der Waals surface area contributed by atoms with Crippen LogP contribution >= 0.6 is 11.8 Å². The Kier molecular flexibility index (Phi) is 4.72. The molecule has 6 nitrogen and oxygen atoms in total. The summed E-state index contributed by atoms with van der Waals surface area (Å²) in [5.74, 6) is 1.26. The van der Waals surface area contributed by atoms with Crippen LogP contribution in [0.15, 0.2) is 29.7 Å². The molecular weight excluding hydrogens is 298 g/mol. The topological polar surface area (TPSA) is 74.8 Å². The third-order valence-electron chi connectivity index (χ3n) is 3.87. The number of H-pyrrole nitrogens is 1. The monoisotopic (exact) mass is 317 g/mol. The molecule has 0 unspecified atom stereocenters. The van der Waals surface area contributed by atoms with Crippen LogP contribution in [0, 0.1) is 0 Å². The van der Waals surface area contributed by atoms with Crippen molar-refractivity contribution in [3.05, 3.63) is 24.5 Å². The first-order chi connectivity index (χ1) is 10.7. The molecule has 0 radical (unpaired) electrons. The molecule has 0 spiro atoms. The molecule has 1 aliphatic rings. The highest BCUT2D eigenvalue weighted by Gasteiger charge is 2.23. The van der Waals surface area contributed by atoms with E-state index in [4.69, 9.17) is 0 Å². The average molecular weight is 317 g/mol. The minimum absolute atomic E-state index is 0.174. The van der Waals surface area contributed by atoms with Crippen molar-refractivity contribution < 1.29 is 4.79 Å². The zero-order chi connectivity index (χ0) is 15.4. The van der Waals surface area contributed by atoms with Crippen molar-refractivity contribution in [3.8, 4) is 11.4 Å². The first-order valence-electron chi connectivity index (χ1n) is 7.49. The van der Waals surface area contributed by atoms with Gasteiger partial charge in [0.15, 0.2) is 5.82 Å². The Morgan fingerprint density at radius 3 is 3.00 bits per heavy atom. The summed E-state index contributed by atoms with van der Waals surface area (Å²) < 4.78 is 0. The summed E-state index contributed by atoms with van der Waals surface area (Å²) in [6, 6.07) is 4.09. The van der Waals surface area contributed by atoms with Crippen molar-refractivity contribution in [2.24, 2.45) is 0 Å². The van der Waals surface area contributed by atoms with Crippen LogP contribution in [-0.4, -0.2) is 49.3 Å². The van der Waals surface area contributed by atoms with Gasteiger partial charge in [0.1, 0.15) is 0 Å². The third-order valence-corrected chi connectivity index (χ3v) is 4.70. The van der Waals surface area contributed by atoms with Crippen LogP contribution < -0.4 is 0 Å². The van der Waals surface area contributed by atoms with E-state index in [1.807, 2.05) is 17.0 Å². The Bertz CT molecular complexity index is 630. The second kappa shape index (κ2) is 6.91. The van der Waals surface area contributed by atoms with E-state index in [0.717, 1.165) is 24.9 Å². The van der Waals surface area contributed by atoms with Crippen molar-refractivity contribution in [1.29, 1.82) is 0 Å². The van der Waals surface area contributed by atoms with E-state index in [1.54, 1.807) is 12.4 Å². The number of piperidine rings is 1. The standard InChI is InChI=1S/C15H19N5OS/c1-11-4-2-3-9-20(11)13(21)10-22-15-17-14(18-19-15)12-5-7-16-8-6-12/h5-8,11H,2-4,9-10H2,1H3,(H,17,18,19)/t11-/m0/s1. The Labute approximate surface area is 133 Å². The largest absolute Gasteiger partial charge is 0.339 e. The normalized spacial score (nSPS) is 18.4. The lowest BCUT2D eigenvalue weighted by atomic mass is 10.0. The lowest BCUT2D eigenvalue weighted by molar-refractivity contribution is -0.131. The predicted molar refractivity (Wildman–Crippen MR) is 85.4 cm³/mol. The minimum atomic E-state index is 0.174. The molecule has 3 rings (SSSR count). The van der Waals surface area contributed by atoms with Gasteiger partial charge in [-0.15, -0.1) is 5.10 Å². The van der Waals surface area contributed by atoms with E-state index in [9.17, 15) is 4.79 Å². The van der Waals surface area contributed by atoms with Crippen LogP contribution in [0.25, 0.3) is 11.4 Å². The van der Waals surface area contributed by atoms with E-state index >= 15 is 0 Å². The van der Waals surface area contributed by atoms with Crippen molar-refractivity contribution in [1.82, 2.24) is 25.1 Å². The maximum atomic E-state index is 12.3. The molecule has 0 aromatic carbocycles. The van der Waals surface area contributed by atoms with Gasteiger partial charge in [-0.1, -0.05) is 11.8 Å². The van der Waals surface area contributed by atoms with Crippen LogP contribution in [0.2, 0.25) is 0 Å². The lowest BCUT2D eigenvalue weighted by Gasteiger charge is -2.33. The summed E-state index contributed by atoms with van der Waals surface area (Å²) >= 11 is 1.38. The molecule has 1 fully saturated rings. The van der Waals surface area contributed by atoms with Gasteiger partial charge in [-0.25, -0.2) is 4.98 Å². The number of aromatic amines is 1. The summed E-state index contributed by atoms with van der Waals surface area (Å²) in [5.41, 5.74) is 0.935. The van der Waals surface area contributed by atoms with E-state index in [2.05, 4.69) is 27.1 Å². The maximum absolute atomic E-state index is 12.3. The van der Waals surface area contributed by atoms with Crippen molar-refractivity contribution in [2.75, 3.05) is 12.3 Å². The number of nitrogens with zero attached hydrogens (tertiary/aromatic N) is 4. The molecule has 116 valence electrons. The number of hydrogen-bond acceptors (Lipinski definition) is 5. The Hall–Kier alpha value is -1.89. The van der Waals surface area contributed by atoms with Gasteiger partial charge in [0.25, 0.3) is 0 Å². The highest BCUT2D eigenvalue weighted by atomic mass is 32.2. The van der Waals surface area contributed by atoms with Crippen molar-refractivity contribution >= 4 is 17.7 Å². The van der Waals surface area contributed by atoms with Crippen LogP contribution in [-0.2, 0) is 4.79 Å². The Morgan fingerprint density at radius 2 is 2.23 bits per heavy atom. The molecule has 0 aliphatic carbocycles. The zero-order valence-corrected chi connectivity index (χ0v) is 13.3. The van der Waals surface area contributed by atoms with Gasteiger partial charge in [-0.3, -0.25) is 14.9 Å². The highest BCUT2D eigenvalue weighted by molar-refractivity contribution is 7.99. The molecule has 22 heavy (non-hydrogen) atoms. The molecule has 1 atom stereocenters. The smallest absolute Gasteiger partial charge is 0.233 e. The van der Waals surface area contributed by atoms with Crippen LogP contribution in [0.5, 0.6) is 0 Å². The number of carbonyl (C=O) groups is 1. The lowest BCUT2D eigenvalue weighted by Crippen LogP contribution is -2.42. The van der Waals surface area contributed by atoms with Gasteiger partial charge in [0, 0.05) is 30.5 Å². The summed E-state index contributed by atoms with van der Waals surface area (Å²) in [7, 11) is 0. The number of rotatable bonds is 4. The fourth-order valence-electron chi connectivity index (χ4n) is 2.63. The molecule has 7 heteroatoms. The Morgan fingerprint density at radius 1 is 1.41 bits per heavy atom. The van der Waals surface area contributed by atoms with E-state index < -0.39 is 0 Å². The average Bonchev–Trinajstić information content (AvgIpc) is 3.03. The SMILES string of the molecule is C[C@H]1CCCCN1C(=O)CSc1n[nH]c(-c2ccncc2)n1. The second-order valence-electron chi connectivity index (χ2n) is 5.42. The summed E-state index contributed by atoms with van der Waals surface area (Å²) in [6.07, 6.45) is 6.85. The number of carbonyl (C=O) groups excluding carboxylic acids is 1. The highest BCUT2D eigenvalue weighted by Crippen LogP contribution is 2.21. The number of amides is 1. The Balaban J connectivity index is 1.58. The molecule has 1 amide bonds. The molecule has 1 saturated heterocycles. The first-order valence-corrected chi connectivity index (χ1v) is 8.47. The molecule has 0 saturated carbocycles. The summed E-state index contributed by atoms with van der Waals surface area (Å²) in [4.78, 5) is 22.7. The number of hydrogen-bond donors (Lipinski definition) is 1. The van der Waals surface area contributed by atoms with Crippen molar-refractivity contribution in [3.63, 3.8) is 0 Å². The molecule has 2 aromatic heterocycles. The second-order valence-corrected chi connectivity index (χ2v) is 6.37. The quantitative estimate of drug-likeness (QED) is 0.876. The van der Waals surface area contributed by atoms with Gasteiger partial charge in [0.05, 0.1) is 5.75 Å². The maximum Gasteiger partial charge on any atom is 0.233 e. The van der Waals surface area contributed by atoms with Crippen LogP contribution in [0.3, 0.4) is 0 Å². The fraction of sp³-hybridized carbons (Fsp3) is 0.467. The number of pyridine rings is 1. The number of thioether (sulfide) groups is 1. The van der Waals surface area contributed by atoms with Crippen LogP contribution in [0.1, 0.15) is 26.2 Å². The van der Waals surface area contributed by atoms with Gasteiger partial charge >= 0.3 is 0 Å². The van der Waals surface area contributed by atoms with Crippen LogP contribution in [0.4, 0.5) is 0 Å². The number of aromatic nitrogens is 4. The van der Waals surface area contributed by atoms with Gasteiger partial charge in [-0.2, -0.15) is 0 Å². The van der Waals surface area contributed by atoms with E-state index in [-0.39, 0.29) is 5.91 Å². The molecule has 3 heterocycles. The predicted octanol–water partition coefficient (Wildman–Crippen LogP) is 2.36.